The molecule has 0 radical (unpaired) electrons. The van der Waals surface area contributed by atoms with E-state index in [1.165, 1.54) is 11.8 Å². The summed E-state index contributed by atoms with van der Waals surface area (Å²) in [6, 6.07) is 7.06. The molecule has 0 spiro atoms. The average molecular weight is 457 g/mol. The summed E-state index contributed by atoms with van der Waals surface area (Å²) in [7, 11) is 0. The van der Waals surface area contributed by atoms with Crippen LogP contribution < -0.4 is 5.32 Å². The first-order chi connectivity index (χ1) is 15.8. The first-order valence-electron chi connectivity index (χ1n) is 11.5. The Bertz CT molecular complexity index is 929. The minimum Gasteiger partial charge on any atom is -0.379 e. The van der Waals surface area contributed by atoms with E-state index in [-0.39, 0.29) is 29.9 Å². The van der Waals surface area contributed by atoms with E-state index in [0.29, 0.717) is 61.9 Å². The van der Waals surface area contributed by atoms with Crippen LogP contribution in [0, 0.1) is 0 Å². The molecule has 0 saturated carbocycles. The van der Waals surface area contributed by atoms with Gasteiger partial charge in [-0.2, -0.15) is 0 Å². The standard InChI is InChI=1S/C24H32N4O5/c1-16-14-27(15-17(2)33-16)22-21(19-4-6-20(7-5-19)25-18(3)29)23(30)28(24(22)31)9-8-26-10-12-32-13-11-26/h4-7,16-17H,8-15H2,1-3H3,(H,25,29). The van der Waals surface area contributed by atoms with Crippen molar-refractivity contribution in [2.75, 3.05) is 57.8 Å². The minimum atomic E-state index is -0.276. The number of benzene rings is 1. The van der Waals surface area contributed by atoms with Gasteiger partial charge in [0, 0.05) is 51.9 Å². The summed E-state index contributed by atoms with van der Waals surface area (Å²) in [5, 5.41) is 2.73. The predicted molar refractivity (Wildman–Crippen MR) is 123 cm³/mol. The summed E-state index contributed by atoms with van der Waals surface area (Å²) < 4.78 is 11.2. The van der Waals surface area contributed by atoms with Crippen molar-refractivity contribution in [1.29, 1.82) is 0 Å². The van der Waals surface area contributed by atoms with Crippen LogP contribution in [0.2, 0.25) is 0 Å². The molecule has 1 aromatic carbocycles. The molecule has 3 amide bonds. The van der Waals surface area contributed by atoms with Crippen LogP contribution in [0.1, 0.15) is 26.3 Å². The van der Waals surface area contributed by atoms with E-state index in [1.54, 1.807) is 24.3 Å². The molecule has 2 unspecified atom stereocenters. The van der Waals surface area contributed by atoms with Crippen molar-refractivity contribution in [3.63, 3.8) is 0 Å². The van der Waals surface area contributed by atoms with Gasteiger partial charge in [-0.3, -0.25) is 24.2 Å². The van der Waals surface area contributed by atoms with Crippen molar-refractivity contribution in [2.45, 2.75) is 33.0 Å². The maximum absolute atomic E-state index is 13.6. The van der Waals surface area contributed by atoms with Crippen molar-refractivity contribution >= 4 is 29.0 Å². The number of carbonyl (C=O) groups excluding carboxylic acids is 3. The van der Waals surface area contributed by atoms with Crippen LogP contribution >= 0.6 is 0 Å². The third-order valence-corrected chi connectivity index (χ3v) is 6.12. The number of morpholine rings is 2. The summed E-state index contributed by atoms with van der Waals surface area (Å²) in [6.45, 7) is 10.4. The van der Waals surface area contributed by atoms with Crippen molar-refractivity contribution in [3.05, 3.63) is 35.5 Å². The lowest BCUT2D eigenvalue weighted by Gasteiger charge is -2.37. The molecule has 0 bridgehead atoms. The second-order valence-corrected chi connectivity index (χ2v) is 8.86. The predicted octanol–water partition coefficient (Wildman–Crippen LogP) is 1.17. The van der Waals surface area contributed by atoms with Crippen molar-refractivity contribution in [3.8, 4) is 0 Å². The van der Waals surface area contributed by atoms with E-state index in [4.69, 9.17) is 9.47 Å². The number of hydrogen-bond donors (Lipinski definition) is 1. The Balaban J connectivity index is 1.63. The highest BCUT2D eigenvalue weighted by atomic mass is 16.5. The maximum atomic E-state index is 13.6. The van der Waals surface area contributed by atoms with Crippen LogP contribution in [0.5, 0.6) is 0 Å². The highest BCUT2D eigenvalue weighted by Crippen LogP contribution is 2.33. The summed E-state index contributed by atoms with van der Waals surface area (Å²) in [6.07, 6.45) is -0.0927. The van der Waals surface area contributed by atoms with Gasteiger partial charge in [0.05, 0.1) is 31.0 Å². The number of hydrogen-bond acceptors (Lipinski definition) is 7. The molecule has 3 aliphatic rings. The molecule has 9 nitrogen and oxygen atoms in total. The van der Waals surface area contributed by atoms with Crippen LogP contribution in [-0.2, 0) is 23.9 Å². The monoisotopic (exact) mass is 456 g/mol. The van der Waals surface area contributed by atoms with E-state index < -0.39 is 0 Å². The van der Waals surface area contributed by atoms with Gasteiger partial charge in [-0.1, -0.05) is 12.1 Å². The summed E-state index contributed by atoms with van der Waals surface area (Å²) >= 11 is 0. The fourth-order valence-electron chi connectivity index (χ4n) is 4.67. The van der Waals surface area contributed by atoms with Gasteiger partial charge in [0.25, 0.3) is 11.8 Å². The third-order valence-electron chi connectivity index (χ3n) is 6.12. The van der Waals surface area contributed by atoms with E-state index in [9.17, 15) is 14.4 Å². The van der Waals surface area contributed by atoms with Crippen LogP contribution in [-0.4, -0.2) is 97.1 Å². The molecule has 1 N–H and O–H groups in total. The maximum Gasteiger partial charge on any atom is 0.277 e. The van der Waals surface area contributed by atoms with E-state index in [1.807, 2.05) is 18.7 Å². The van der Waals surface area contributed by atoms with E-state index in [2.05, 4.69) is 10.2 Å². The van der Waals surface area contributed by atoms with Gasteiger partial charge in [-0.15, -0.1) is 0 Å². The number of anilines is 1. The molecule has 33 heavy (non-hydrogen) atoms. The third kappa shape index (κ3) is 5.26. The molecule has 2 atom stereocenters. The second-order valence-electron chi connectivity index (χ2n) is 8.86. The van der Waals surface area contributed by atoms with E-state index >= 15 is 0 Å². The van der Waals surface area contributed by atoms with Gasteiger partial charge in [0.2, 0.25) is 5.91 Å². The Morgan fingerprint density at radius 2 is 1.64 bits per heavy atom. The topological polar surface area (TPSA) is 91.4 Å². The molecule has 9 heteroatoms. The van der Waals surface area contributed by atoms with Crippen LogP contribution in [0.4, 0.5) is 5.69 Å². The van der Waals surface area contributed by atoms with Gasteiger partial charge >= 0.3 is 0 Å². The summed E-state index contributed by atoms with van der Waals surface area (Å²) in [4.78, 5) is 44.0. The van der Waals surface area contributed by atoms with Crippen molar-refractivity contribution in [2.24, 2.45) is 0 Å². The van der Waals surface area contributed by atoms with Gasteiger partial charge in [0.1, 0.15) is 5.70 Å². The normalized spacial score (nSPS) is 24.6. The quantitative estimate of drug-likeness (QED) is 0.643. The highest BCUT2D eigenvalue weighted by Gasteiger charge is 2.43. The number of amides is 3. The molecule has 178 valence electrons. The van der Waals surface area contributed by atoms with Crippen LogP contribution in [0.25, 0.3) is 5.57 Å². The zero-order valence-corrected chi connectivity index (χ0v) is 19.5. The summed E-state index contributed by atoms with van der Waals surface area (Å²) in [5.41, 5.74) is 2.16. The van der Waals surface area contributed by atoms with Crippen molar-refractivity contribution < 1.29 is 23.9 Å². The van der Waals surface area contributed by atoms with Crippen LogP contribution in [0.3, 0.4) is 0 Å². The largest absolute Gasteiger partial charge is 0.379 e. The van der Waals surface area contributed by atoms with Crippen LogP contribution in [0.15, 0.2) is 30.0 Å². The molecular formula is C24H32N4O5. The van der Waals surface area contributed by atoms with Gasteiger partial charge in [-0.05, 0) is 31.5 Å². The lowest BCUT2D eigenvalue weighted by atomic mass is 10.0. The Labute approximate surface area is 194 Å². The molecule has 3 aliphatic heterocycles. The molecule has 1 aromatic rings. The number of nitrogens with one attached hydrogen (secondary N) is 1. The second kappa shape index (κ2) is 10.0. The Morgan fingerprint density at radius 3 is 2.24 bits per heavy atom. The summed E-state index contributed by atoms with van der Waals surface area (Å²) in [5.74, 6) is -0.696. The molecule has 3 heterocycles. The zero-order valence-electron chi connectivity index (χ0n) is 19.5. The van der Waals surface area contributed by atoms with Gasteiger partial charge in [0.15, 0.2) is 0 Å². The molecule has 0 aromatic heterocycles. The number of imide groups is 1. The fraction of sp³-hybridized carbons (Fsp3) is 0.542. The van der Waals surface area contributed by atoms with E-state index in [0.717, 1.165) is 13.1 Å². The minimum absolute atomic E-state index is 0.0463. The van der Waals surface area contributed by atoms with Gasteiger partial charge < -0.3 is 19.7 Å². The smallest absolute Gasteiger partial charge is 0.277 e. The average Bonchev–Trinajstić information content (AvgIpc) is 3.02. The van der Waals surface area contributed by atoms with Crippen molar-refractivity contribution in [1.82, 2.24) is 14.7 Å². The molecular weight excluding hydrogens is 424 g/mol. The Kier molecular flexibility index (Phi) is 7.11. The number of nitrogens with zero attached hydrogens (tertiary/aromatic N) is 3. The fourth-order valence-corrected chi connectivity index (χ4v) is 4.67. The number of rotatable bonds is 6. The SMILES string of the molecule is CC(=O)Nc1ccc(C2=C(N3CC(C)OC(C)C3)C(=O)N(CCN3CCOCC3)C2=O)cc1. The lowest BCUT2D eigenvalue weighted by molar-refractivity contribution is -0.138. The zero-order chi connectivity index (χ0) is 23.5. The Morgan fingerprint density at radius 1 is 1.00 bits per heavy atom. The molecule has 0 aliphatic carbocycles. The lowest BCUT2D eigenvalue weighted by Crippen LogP contribution is -2.48. The molecule has 4 rings (SSSR count). The first-order valence-corrected chi connectivity index (χ1v) is 11.5. The first kappa shape index (κ1) is 23.4. The molecule has 2 saturated heterocycles. The van der Waals surface area contributed by atoms with Gasteiger partial charge in [-0.25, -0.2) is 0 Å². The molecule has 2 fully saturated rings. The number of ether oxygens (including phenoxy) is 2. The highest BCUT2D eigenvalue weighted by molar-refractivity contribution is 6.35. The Hall–Kier alpha value is -2.75. The number of carbonyl (C=O) groups is 3.